The largest absolute Gasteiger partial charge is 0.473 e. The van der Waals surface area contributed by atoms with Crippen LogP contribution in [0.5, 0.6) is 0 Å². The molecule has 0 bridgehead atoms. The van der Waals surface area contributed by atoms with Crippen LogP contribution in [0, 0.1) is 0 Å². The van der Waals surface area contributed by atoms with E-state index in [1.54, 1.807) is 36.8 Å². The lowest BCUT2D eigenvalue weighted by Gasteiger charge is -1.89. The van der Waals surface area contributed by atoms with Crippen molar-refractivity contribution in [1.29, 1.82) is 0 Å². The van der Waals surface area contributed by atoms with Crippen LogP contribution in [0.4, 0.5) is 0 Å². The predicted octanol–water partition coefficient (Wildman–Crippen LogP) is 2.07. The zero-order valence-corrected chi connectivity index (χ0v) is 7.59. The van der Waals surface area contributed by atoms with E-state index in [4.69, 9.17) is 5.73 Å². The fourth-order valence-electron chi connectivity index (χ4n) is 0.829. The van der Waals surface area contributed by atoms with Crippen LogP contribution in [0.3, 0.4) is 0 Å². The first kappa shape index (κ1) is 10.1. The molecule has 1 aromatic heterocycles. The van der Waals surface area contributed by atoms with Gasteiger partial charge in [-0.25, -0.2) is 0 Å². The zero-order valence-electron chi connectivity index (χ0n) is 7.59. The Hall–Kier alpha value is -2.03. The van der Waals surface area contributed by atoms with E-state index in [9.17, 15) is 4.79 Å². The van der Waals surface area contributed by atoms with E-state index in [1.807, 2.05) is 18.2 Å². The number of nitrogens with two attached hydrogens (primary N) is 1. The SMILES string of the molecule is NC(=O)c1ccccc1.c1ccoc1. The maximum Gasteiger partial charge on any atom is 0.248 e. The van der Waals surface area contributed by atoms with Crippen LogP contribution in [0.15, 0.2) is 59.4 Å². The Morgan fingerprint density at radius 2 is 1.57 bits per heavy atom. The Bertz CT molecular complexity index is 337. The summed E-state index contributed by atoms with van der Waals surface area (Å²) in [6.07, 6.45) is 3.25. The number of hydrogen-bond donors (Lipinski definition) is 1. The van der Waals surface area contributed by atoms with Gasteiger partial charge in [-0.15, -0.1) is 0 Å². The number of benzene rings is 1. The third kappa shape index (κ3) is 3.58. The van der Waals surface area contributed by atoms with E-state index < -0.39 is 0 Å². The fraction of sp³-hybridized carbons (Fsp3) is 0. The van der Waals surface area contributed by atoms with E-state index in [-0.39, 0.29) is 5.91 Å². The average Bonchev–Trinajstić information content (AvgIpc) is 2.77. The summed E-state index contributed by atoms with van der Waals surface area (Å²) in [5, 5.41) is 0. The average molecular weight is 189 g/mol. The molecule has 2 N–H and O–H groups in total. The van der Waals surface area contributed by atoms with Crippen molar-refractivity contribution in [2.24, 2.45) is 5.73 Å². The number of amides is 1. The lowest BCUT2D eigenvalue weighted by Crippen LogP contribution is -2.09. The summed E-state index contributed by atoms with van der Waals surface area (Å²) >= 11 is 0. The molecule has 0 unspecified atom stereocenters. The van der Waals surface area contributed by atoms with E-state index in [1.165, 1.54) is 0 Å². The van der Waals surface area contributed by atoms with Crippen molar-refractivity contribution in [3.05, 3.63) is 60.6 Å². The Morgan fingerprint density at radius 3 is 1.86 bits per heavy atom. The summed E-state index contributed by atoms with van der Waals surface area (Å²) < 4.78 is 4.58. The van der Waals surface area contributed by atoms with Gasteiger partial charge in [0.2, 0.25) is 5.91 Å². The van der Waals surface area contributed by atoms with Crippen molar-refractivity contribution in [3.8, 4) is 0 Å². The number of furan rings is 1. The van der Waals surface area contributed by atoms with Gasteiger partial charge in [0, 0.05) is 5.56 Å². The molecule has 0 fully saturated rings. The van der Waals surface area contributed by atoms with Gasteiger partial charge in [0.05, 0.1) is 12.5 Å². The first-order valence-corrected chi connectivity index (χ1v) is 4.12. The topological polar surface area (TPSA) is 56.2 Å². The van der Waals surface area contributed by atoms with Crippen molar-refractivity contribution in [2.45, 2.75) is 0 Å². The van der Waals surface area contributed by atoms with Crippen molar-refractivity contribution >= 4 is 5.91 Å². The minimum Gasteiger partial charge on any atom is -0.473 e. The standard InChI is InChI=1S/C7H7NO.C4H4O/c8-7(9)6-4-2-1-3-5-6;1-2-4-5-3-1/h1-5H,(H2,8,9);1-4H. The van der Waals surface area contributed by atoms with E-state index >= 15 is 0 Å². The summed E-state index contributed by atoms with van der Waals surface area (Å²) in [6.45, 7) is 0. The third-order valence-corrected chi connectivity index (χ3v) is 1.48. The Kier molecular flexibility index (Phi) is 4.01. The van der Waals surface area contributed by atoms with Gasteiger partial charge in [-0.2, -0.15) is 0 Å². The summed E-state index contributed by atoms with van der Waals surface area (Å²) in [5.74, 6) is -0.379. The molecule has 1 aromatic carbocycles. The van der Waals surface area contributed by atoms with Gasteiger partial charge in [-0.1, -0.05) is 18.2 Å². The summed E-state index contributed by atoms with van der Waals surface area (Å²) in [7, 11) is 0. The van der Waals surface area contributed by atoms with Crippen LogP contribution in [-0.2, 0) is 0 Å². The van der Waals surface area contributed by atoms with Gasteiger partial charge in [0.25, 0.3) is 0 Å². The van der Waals surface area contributed by atoms with Gasteiger partial charge >= 0.3 is 0 Å². The molecule has 1 amide bonds. The number of carbonyl (C=O) groups excluding carboxylic acids is 1. The quantitative estimate of drug-likeness (QED) is 0.746. The molecule has 0 aliphatic carbocycles. The number of rotatable bonds is 1. The van der Waals surface area contributed by atoms with Gasteiger partial charge in [-0.05, 0) is 24.3 Å². The molecule has 3 nitrogen and oxygen atoms in total. The predicted molar refractivity (Wildman–Crippen MR) is 53.7 cm³/mol. The van der Waals surface area contributed by atoms with Gasteiger partial charge < -0.3 is 10.2 Å². The normalized spacial score (nSPS) is 8.57. The highest BCUT2D eigenvalue weighted by molar-refractivity contribution is 5.92. The molecule has 0 spiro atoms. The maximum absolute atomic E-state index is 10.4. The summed E-state index contributed by atoms with van der Waals surface area (Å²) in [6, 6.07) is 12.4. The molecule has 72 valence electrons. The molecule has 2 rings (SSSR count). The third-order valence-electron chi connectivity index (χ3n) is 1.48. The monoisotopic (exact) mass is 189 g/mol. The first-order valence-electron chi connectivity index (χ1n) is 4.12. The highest BCUT2D eigenvalue weighted by Gasteiger charge is 1.93. The molecule has 14 heavy (non-hydrogen) atoms. The van der Waals surface area contributed by atoms with Gasteiger partial charge in [0.1, 0.15) is 0 Å². The Balaban J connectivity index is 0.000000165. The molecule has 2 aromatic rings. The number of primary amides is 1. The van der Waals surface area contributed by atoms with E-state index in [0.717, 1.165) is 0 Å². The molecule has 0 saturated heterocycles. The van der Waals surface area contributed by atoms with Crippen molar-refractivity contribution in [3.63, 3.8) is 0 Å². The molecule has 3 heteroatoms. The van der Waals surface area contributed by atoms with Crippen molar-refractivity contribution < 1.29 is 9.21 Å². The molecule has 1 heterocycles. The molecule has 0 radical (unpaired) electrons. The van der Waals surface area contributed by atoms with Crippen LogP contribution in [0.25, 0.3) is 0 Å². The smallest absolute Gasteiger partial charge is 0.248 e. The van der Waals surface area contributed by atoms with E-state index in [0.29, 0.717) is 5.56 Å². The first-order chi connectivity index (χ1) is 6.80. The van der Waals surface area contributed by atoms with Crippen LogP contribution in [0.1, 0.15) is 10.4 Å². The highest BCUT2D eigenvalue weighted by Crippen LogP contribution is 1.94. The molecule has 0 saturated carbocycles. The second kappa shape index (κ2) is 5.59. The lowest BCUT2D eigenvalue weighted by molar-refractivity contribution is 0.100. The molecular formula is C11H11NO2. The number of hydrogen-bond acceptors (Lipinski definition) is 2. The minimum atomic E-state index is -0.379. The fourth-order valence-corrected chi connectivity index (χ4v) is 0.829. The van der Waals surface area contributed by atoms with Crippen LogP contribution in [-0.4, -0.2) is 5.91 Å². The lowest BCUT2D eigenvalue weighted by atomic mass is 10.2. The Labute approximate surface area is 82.2 Å². The van der Waals surface area contributed by atoms with Gasteiger partial charge in [-0.3, -0.25) is 4.79 Å². The second-order valence-corrected chi connectivity index (χ2v) is 2.52. The number of carbonyl (C=O) groups is 1. The maximum atomic E-state index is 10.4. The van der Waals surface area contributed by atoms with Crippen LogP contribution < -0.4 is 5.73 Å². The van der Waals surface area contributed by atoms with Crippen LogP contribution in [0.2, 0.25) is 0 Å². The molecule has 0 aliphatic heterocycles. The zero-order chi connectivity index (χ0) is 10.2. The molecular weight excluding hydrogens is 178 g/mol. The second-order valence-electron chi connectivity index (χ2n) is 2.52. The summed E-state index contributed by atoms with van der Waals surface area (Å²) in [5.41, 5.74) is 5.53. The molecule has 0 aliphatic rings. The summed E-state index contributed by atoms with van der Waals surface area (Å²) in [4.78, 5) is 10.4. The highest BCUT2D eigenvalue weighted by atomic mass is 16.3. The van der Waals surface area contributed by atoms with Gasteiger partial charge in [0.15, 0.2) is 0 Å². The Morgan fingerprint density at radius 1 is 1.00 bits per heavy atom. The van der Waals surface area contributed by atoms with Crippen molar-refractivity contribution in [2.75, 3.05) is 0 Å². The van der Waals surface area contributed by atoms with E-state index in [2.05, 4.69) is 4.42 Å². The minimum absolute atomic E-state index is 0.379. The molecule has 0 atom stereocenters. The van der Waals surface area contributed by atoms with Crippen LogP contribution >= 0.6 is 0 Å². The van der Waals surface area contributed by atoms with Crippen molar-refractivity contribution in [1.82, 2.24) is 0 Å².